The first-order chi connectivity index (χ1) is 6.85. The summed E-state index contributed by atoms with van der Waals surface area (Å²) < 4.78 is 0. The van der Waals surface area contributed by atoms with E-state index in [1.54, 1.807) is 0 Å². The van der Waals surface area contributed by atoms with E-state index in [9.17, 15) is 0 Å². The number of nitrogens with one attached hydrogen (secondary N) is 1. The van der Waals surface area contributed by atoms with Crippen LogP contribution in [0.2, 0.25) is 0 Å². The Bertz CT molecular complexity index is 174. The molecule has 0 bridgehead atoms. The fourth-order valence-corrected chi connectivity index (χ4v) is 3.44. The first-order valence-corrected chi connectivity index (χ1v) is 7.03. The van der Waals surface area contributed by atoms with Gasteiger partial charge in [-0.25, -0.2) is 0 Å². The van der Waals surface area contributed by atoms with Crippen LogP contribution < -0.4 is 11.1 Å². The molecule has 1 aliphatic heterocycles. The number of rotatable bonds is 5. The van der Waals surface area contributed by atoms with Gasteiger partial charge in [0.2, 0.25) is 0 Å². The predicted molar refractivity (Wildman–Crippen MR) is 63.7 cm³/mol. The monoisotopic (exact) mass is 214 g/mol. The van der Waals surface area contributed by atoms with E-state index in [2.05, 4.69) is 17.1 Å². The van der Waals surface area contributed by atoms with Crippen molar-refractivity contribution in [2.45, 2.75) is 37.6 Å². The van der Waals surface area contributed by atoms with Crippen LogP contribution >= 0.6 is 11.8 Å². The van der Waals surface area contributed by atoms with Crippen LogP contribution in [0.25, 0.3) is 0 Å². The zero-order valence-electron chi connectivity index (χ0n) is 8.93. The minimum atomic E-state index is 0.292. The number of hydrogen-bond donors (Lipinski definition) is 2. The molecule has 2 aliphatic rings. The van der Waals surface area contributed by atoms with Gasteiger partial charge in [-0.15, -0.1) is 0 Å². The SMILES string of the molecule is NCC1(NCCC2CC2)CCSCC1. The number of thioether (sulfide) groups is 1. The molecule has 0 radical (unpaired) electrons. The standard InChI is InChI=1S/C11H22N2S/c12-9-11(4-7-14-8-5-11)13-6-3-10-1-2-10/h10,13H,1-9,12H2. The highest BCUT2D eigenvalue weighted by molar-refractivity contribution is 7.99. The van der Waals surface area contributed by atoms with Crippen molar-refractivity contribution in [3.63, 3.8) is 0 Å². The lowest BCUT2D eigenvalue weighted by atomic mass is 9.92. The van der Waals surface area contributed by atoms with E-state index >= 15 is 0 Å². The Morgan fingerprint density at radius 2 is 2.00 bits per heavy atom. The van der Waals surface area contributed by atoms with Crippen LogP contribution in [0.4, 0.5) is 0 Å². The zero-order chi connectivity index (χ0) is 9.86. The average Bonchev–Trinajstić information content (AvgIpc) is 3.03. The molecule has 0 atom stereocenters. The Morgan fingerprint density at radius 3 is 2.57 bits per heavy atom. The topological polar surface area (TPSA) is 38.0 Å². The normalized spacial score (nSPS) is 26.4. The van der Waals surface area contributed by atoms with Crippen LogP contribution in [-0.2, 0) is 0 Å². The summed E-state index contributed by atoms with van der Waals surface area (Å²) in [5.41, 5.74) is 6.19. The van der Waals surface area contributed by atoms with Crippen LogP contribution in [0.1, 0.15) is 32.1 Å². The Hall–Kier alpha value is 0.270. The van der Waals surface area contributed by atoms with E-state index in [-0.39, 0.29) is 0 Å². The van der Waals surface area contributed by atoms with Gasteiger partial charge in [-0.2, -0.15) is 11.8 Å². The molecule has 0 amide bonds. The van der Waals surface area contributed by atoms with E-state index in [0.717, 1.165) is 12.5 Å². The van der Waals surface area contributed by atoms with Crippen molar-refractivity contribution in [3.8, 4) is 0 Å². The molecule has 1 saturated carbocycles. The van der Waals surface area contributed by atoms with Gasteiger partial charge >= 0.3 is 0 Å². The van der Waals surface area contributed by atoms with Gasteiger partial charge in [0.05, 0.1) is 0 Å². The van der Waals surface area contributed by atoms with Gasteiger partial charge in [0.15, 0.2) is 0 Å². The first-order valence-electron chi connectivity index (χ1n) is 5.87. The number of hydrogen-bond acceptors (Lipinski definition) is 3. The smallest absolute Gasteiger partial charge is 0.0319 e. The molecular formula is C11H22N2S. The van der Waals surface area contributed by atoms with Gasteiger partial charge in [0.25, 0.3) is 0 Å². The van der Waals surface area contributed by atoms with Crippen molar-refractivity contribution in [2.75, 3.05) is 24.6 Å². The van der Waals surface area contributed by atoms with Gasteiger partial charge in [0, 0.05) is 12.1 Å². The Labute approximate surface area is 91.4 Å². The third-order valence-electron chi connectivity index (χ3n) is 3.59. The van der Waals surface area contributed by atoms with Gasteiger partial charge in [-0.1, -0.05) is 12.8 Å². The second kappa shape index (κ2) is 4.86. The lowest BCUT2D eigenvalue weighted by molar-refractivity contribution is 0.305. The third-order valence-corrected chi connectivity index (χ3v) is 4.58. The van der Waals surface area contributed by atoms with E-state index in [1.807, 2.05) is 0 Å². The lowest BCUT2D eigenvalue weighted by Crippen LogP contribution is -2.53. The molecule has 2 nitrogen and oxygen atoms in total. The molecule has 0 spiro atoms. The van der Waals surface area contributed by atoms with Crippen molar-refractivity contribution < 1.29 is 0 Å². The summed E-state index contributed by atoms with van der Waals surface area (Å²) in [6.45, 7) is 2.00. The molecule has 3 heteroatoms. The molecule has 3 N–H and O–H groups in total. The average molecular weight is 214 g/mol. The quantitative estimate of drug-likeness (QED) is 0.730. The van der Waals surface area contributed by atoms with Crippen molar-refractivity contribution in [3.05, 3.63) is 0 Å². The maximum atomic E-state index is 5.90. The summed E-state index contributed by atoms with van der Waals surface area (Å²) in [4.78, 5) is 0. The molecule has 2 fully saturated rings. The van der Waals surface area contributed by atoms with Crippen molar-refractivity contribution in [2.24, 2.45) is 11.7 Å². The summed E-state index contributed by atoms with van der Waals surface area (Å²) in [5, 5.41) is 3.72. The third kappa shape index (κ3) is 2.88. The molecule has 82 valence electrons. The predicted octanol–water partition coefficient (Wildman–Crippen LogP) is 1.60. The molecule has 1 aliphatic carbocycles. The van der Waals surface area contributed by atoms with Crippen LogP contribution in [0, 0.1) is 5.92 Å². The molecule has 1 saturated heterocycles. The second-order valence-corrected chi connectivity index (χ2v) is 5.98. The fraction of sp³-hybridized carbons (Fsp3) is 1.00. The van der Waals surface area contributed by atoms with E-state index in [4.69, 9.17) is 5.73 Å². The Balaban J connectivity index is 1.71. The molecule has 14 heavy (non-hydrogen) atoms. The van der Waals surface area contributed by atoms with Crippen LogP contribution in [0.15, 0.2) is 0 Å². The van der Waals surface area contributed by atoms with Crippen molar-refractivity contribution >= 4 is 11.8 Å². The zero-order valence-corrected chi connectivity index (χ0v) is 9.74. The van der Waals surface area contributed by atoms with Gasteiger partial charge in [-0.3, -0.25) is 0 Å². The summed E-state index contributed by atoms with van der Waals surface area (Å²) in [5.74, 6) is 3.61. The summed E-state index contributed by atoms with van der Waals surface area (Å²) in [6, 6.07) is 0. The Morgan fingerprint density at radius 1 is 1.29 bits per heavy atom. The highest BCUT2D eigenvalue weighted by Gasteiger charge is 2.30. The van der Waals surface area contributed by atoms with Crippen LogP contribution in [0.3, 0.4) is 0 Å². The van der Waals surface area contributed by atoms with Crippen molar-refractivity contribution in [1.82, 2.24) is 5.32 Å². The molecular weight excluding hydrogens is 192 g/mol. The van der Waals surface area contributed by atoms with Crippen LogP contribution in [-0.4, -0.2) is 30.1 Å². The number of nitrogens with two attached hydrogens (primary N) is 1. The molecule has 0 aromatic heterocycles. The fourth-order valence-electron chi connectivity index (χ4n) is 2.16. The van der Waals surface area contributed by atoms with E-state index in [1.165, 1.54) is 50.2 Å². The summed E-state index contributed by atoms with van der Waals surface area (Å²) in [7, 11) is 0. The van der Waals surface area contributed by atoms with Crippen molar-refractivity contribution in [1.29, 1.82) is 0 Å². The van der Waals surface area contributed by atoms with E-state index in [0.29, 0.717) is 5.54 Å². The highest BCUT2D eigenvalue weighted by atomic mass is 32.2. The first kappa shape index (κ1) is 10.8. The summed E-state index contributed by atoms with van der Waals surface area (Å²) in [6.07, 6.45) is 6.83. The van der Waals surface area contributed by atoms with E-state index < -0.39 is 0 Å². The van der Waals surface area contributed by atoms with Crippen LogP contribution in [0.5, 0.6) is 0 Å². The second-order valence-electron chi connectivity index (χ2n) is 4.76. The Kier molecular flexibility index (Phi) is 3.74. The molecule has 0 unspecified atom stereocenters. The minimum absolute atomic E-state index is 0.292. The largest absolute Gasteiger partial charge is 0.329 e. The molecule has 2 rings (SSSR count). The summed E-state index contributed by atoms with van der Waals surface area (Å²) >= 11 is 2.07. The molecule has 0 aromatic rings. The van der Waals surface area contributed by atoms with Gasteiger partial charge < -0.3 is 11.1 Å². The molecule has 0 aromatic carbocycles. The van der Waals surface area contributed by atoms with Gasteiger partial charge in [-0.05, 0) is 43.2 Å². The maximum absolute atomic E-state index is 5.90. The van der Waals surface area contributed by atoms with Gasteiger partial charge in [0.1, 0.15) is 0 Å². The minimum Gasteiger partial charge on any atom is -0.329 e. The highest BCUT2D eigenvalue weighted by Crippen LogP contribution is 2.32. The maximum Gasteiger partial charge on any atom is 0.0319 e. The lowest BCUT2D eigenvalue weighted by Gasteiger charge is -2.37. The molecule has 1 heterocycles.